The van der Waals surface area contributed by atoms with Crippen LogP contribution in [0.2, 0.25) is 0 Å². The maximum atomic E-state index is 13.7. The Balaban J connectivity index is 1.53. The van der Waals surface area contributed by atoms with Crippen molar-refractivity contribution in [3.63, 3.8) is 0 Å². The summed E-state index contributed by atoms with van der Waals surface area (Å²) in [4.78, 5) is 36.2. The number of hydrogen-bond acceptors (Lipinski definition) is 7. The van der Waals surface area contributed by atoms with Crippen LogP contribution >= 0.6 is 0 Å². The normalized spacial score (nSPS) is 18.8. The molecule has 3 aromatic rings. The summed E-state index contributed by atoms with van der Waals surface area (Å²) in [6, 6.07) is 10.4. The Morgan fingerprint density at radius 1 is 1.03 bits per heavy atom. The molecule has 1 saturated heterocycles. The highest BCUT2D eigenvalue weighted by atomic mass is 16.5. The van der Waals surface area contributed by atoms with E-state index in [0.29, 0.717) is 38.3 Å². The Kier molecular flexibility index (Phi) is 5.89. The van der Waals surface area contributed by atoms with Crippen LogP contribution in [0, 0.1) is 5.92 Å². The molecule has 3 heterocycles. The van der Waals surface area contributed by atoms with E-state index < -0.39 is 5.91 Å². The number of ether oxygens (including phenoxy) is 2. The monoisotopic (exact) mass is 448 g/mol. The Hall–Kier alpha value is -3.56. The quantitative estimate of drug-likeness (QED) is 0.468. The number of hydroxylamine groups is 1. The van der Waals surface area contributed by atoms with Gasteiger partial charge in [0.15, 0.2) is 0 Å². The lowest BCUT2D eigenvalue weighted by Crippen LogP contribution is -2.41. The van der Waals surface area contributed by atoms with Gasteiger partial charge in [0.2, 0.25) is 5.91 Å². The molecule has 2 aromatic carbocycles. The summed E-state index contributed by atoms with van der Waals surface area (Å²) in [7, 11) is 0. The molecule has 0 saturated carbocycles. The molecule has 2 aliphatic heterocycles. The number of aromatic nitrogens is 2. The van der Waals surface area contributed by atoms with E-state index in [1.165, 1.54) is 0 Å². The van der Waals surface area contributed by atoms with Gasteiger partial charge in [-0.2, -0.15) is 0 Å². The maximum absolute atomic E-state index is 13.7. The third-order valence-corrected chi connectivity index (χ3v) is 6.28. The average Bonchev–Trinajstić information content (AvgIpc) is 3.07. The summed E-state index contributed by atoms with van der Waals surface area (Å²) < 4.78 is 11.6. The topological polar surface area (TPSA) is 114 Å². The number of nitrogens with zero attached hydrogens (tertiary/aromatic N) is 3. The zero-order valence-electron chi connectivity index (χ0n) is 17.9. The highest BCUT2D eigenvalue weighted by Crippen LogP contribution is 2.35. The van der Waals surface area contributed by atoms with Crippen LogP contribution in [0.5, 0.6) is 5.75 Å². The second-order valence-corrected chi connectivity index (χ2v) is 8.25. The van der Waals surface area contributed by atoms with E-state index in [0.717, 1.165) is 22.2 Å². The fraction of sp³-hybridized carbons (Fsp3) is 0.333. The van der Waals surface area contributed by atoms with Crippen LogP contribution in [-0.2, 0) is 16.1 Å². The van der Waals surface area contributed by atoms with Crippen LogP contribution in [0.3, 0.4) is 0 Å². The summed E-state index contributed by atoms with van der Waals surface area (Å²) >= 11 is 0. The smallest absolute Gasteiger partial charge is 0.274 e. The first-order valence-corrected chi connectivity index (χ1v) is 10.9. The van der Waals surface area contributed by atoms with Crippen molar-refractivity contribution >= 4 is 22.8 Å². The van der Waals surface area contributed by atoms with Crippen LogP contribution < -0.4 is 10.2 Å². The predicted molar refractivity (Wildman–Crippen MR) is 118 cm³/mol. The Morgan fingerprint density at radius 2 is 1.82 bits per heavy atom. The molecule has 2 aliphatic rings. The van der Waals surface area contributed by atoms with Gasteiger partial charge in [0.1, 0.15) is 12.4 Å². The summed E-state index contributed by atoms with van der Waals surface area (Å²) in [5.41, 5.74) is 5.15. The lowest BCUT2D eigenvalue weighted by Gasteiger charge is -2.34. The highest BCUT2D eigenvalue weighted by molar-refractivity contribution is 5.94. The zero-order valence-corrected chi connectivity index (χ0v) is 17.9. The molecule has 170 valence electrons. The van der Waals surface area contributed by atoms with Gasteiger partial charge in [0.25, 0.3) is 5.91 Å². The van der Waals surface area contributed by atoms with Crippen LogP contribution in [0.4, 0.5) is 0 Å². The number of amides is 2. The van der Waals surface area contributed by atoms with Crippen molar-refractivity contribution in [2.75, 3.05) is 19.8 Å². The third-order valence-electron chi connectivity index (χ3n) is 6.28. The van der Waals surface area contributed by atoms with Crippen molar-refractivity contribution in [2.45, 2.75) is 25.4 Å². The second-order valence-electron chi connectivity index (χ2n) is 8.25. The Morgan fingerprint density at radius 3 is 2.61 bits per heavy atom. The number of nitrogens with one attached hydrogen (secondary N) is 1. The number of hydrogen-bond donors (Lipinski definition) is 2. The van der Waals surface area contributed by atoms with Crippen molar-refractivity contribution in [3.8, 4) is 5.75 Å². The second kappa shape index (κ2) is 9.13. The van der Waals surface area contributed by atoms with Gasteiger partial charge < -0.3 is 14.4 Å². The summed E-state index contributed by atoms with van der Waals surface area (Å²) in [6.07, 6.45) is 4.67. The minimum Gasteiger partial charge on any atom is -0.491 e. The van der Waals surface area contributed by atoms with Crippen molar-refractivity contribution in [3.05, 3.63) is 65.5 Å². The van der Waals surface area contributed by atoms with Gasteiger partial charge in [0.05, 0.1) is 23.6 Å². The SMILES string of the molecule is O=C(NO)c1ccc2c(c1)OC[C@H](c1ccc3nccnc3c1)N(C(=O)C1CCOCC1)C2. The minimum absolute atomic E-state index is 0.0659. The number of carbonyl (C=O) groups excluding carboxylic acids is 2. The lowest BCUT2D eigenvalue weighted by molar-refractivity contribution is -0.142. The standard InChI is InChI=1S/C24H24N4O5/c29-23(27-31)17-1-2-18-13-28(24(30)15-5-9-32-10-6-15)21(14-33-22(18)12-17)16-3-4-19-20(11-16)26-8-7-25-19/h1-4,7-8,11-12,15,21,31H,5-6,9-10,13-14H2,(H,27,29)/t21-/m1/s1. The fourth-order valence-electron chi connectivity index (χ4n) is 4.45. The first kappa shape index (κ1) is 21.3. The molecule has 9 nitrogen and oxygen atoms in total. The van der Waals surface area contributed by atoms with Crippen LogP contribution in [0.1, 0.15) is 40.4 Å². The first-order valence-electron chi connectivity index (χ1n) is 10.9. The minimum atomic E-state index is -0.620. The molecule has 0 bridgehead atoms. The van der Waals surface area contributed by atoms with E-state index in [-0.39, 0.29) is 30.0 Å². The van der Waals surface area contributed by atoms with E-state index in [2.05, 4.69) is 9.97 Å². The molecule has 1 fully saturated rings. The first-order chi connectivity index (χ1) is 16.1. The van der Waals surface area contributed by atoms with Gasteiger partial charge in [-0.1, -0.05) is 12.1 Å². The molecule has 1 aromatic heterocycles. The summed E-state index contributed by atoms with van der Waals surface area (Å²) in [6.45, 7) is 1.72. The van der Waals surface area contributed by atoms with E-state index in [9.17, 15) is 9.59 Å². The molecule has 5 rings (SSSR count). The van der Waals surface area contributed by atoms with E-state index in [1.54, 1.807) is 36.1 Å². The van der Waals surface area contributed by atoms with Crippen LogP contribution in [-0.4, -0.2) is 51.7 Å². The van der Waals surface area contributed by atoms with Gasteiger partial charge in [-0.3, -0.25) is 24.8 Å². The van der Waals surface area contributed by atoms with Gasteiger partial charge in [-0.05, 0) is 42.7 Å². The predicted octanol–water partition coefficient (Wildman–Crippen LogP) is 2.64. The molecular weight excluding hydrogens is 424 g/mol. The van der Waals surface area contributed by atoms with Crippen LogP contribution in [0.25, 0.3) is 11.0 Å². The molecule has 0 aliphatic carbocycles. The van der Waals surface area contributed by atoms with Crippen molar-refractivity contribution < 1.29 is 24.3 Å². The Bertz CT molecular complexity index is 1190. The third kappa shape index (κ3) is 4.24. The number of fused-ring (bicyclic) bond motifs is 2. The maximum Gasteiger partial charge on any atom is 0.274 e. The number of rotatable bonds is 3. The van der Waals surface area contributed by atoms with E-state index >= 15 is 0 Å². The molecule has 0 radical (unpaired) electrons. The van der Waals surface area contributed by atoms with Gasteiger partial charge in [-0.15, -0.1) is 0 Å². The van der Waals surface area contributed by atoms with Gasteiger partial charge in [-0.25, -0.2) is 5.48 Å². The highest BCUT2D eigenvalue weighted by Gasteiger charge is 2.35. The van der Waals surface area contributed by atoms with Crippen molar-refractivity contribution in [1.82, 2.24) is 20.3 Å². The molecule has 1 atom stereocenters. The molecule has 2 N–H and O–H groups in total. The van der Waals surface area contributed by atoms with Crippen LogP contribution in [0.15, 0.2) is 48.8 Å². The summed E-state index contributed by atoms with van der Waals surface area (Å²) in [5.74, 6) is -0.145. The fourth-order valence-corrected chi connectivity index (χ4v) is 4.45. The van der Waals surface area contributed by atoms with E-state index in [1.807, 2.05) is 23.1 Å². The lowest BCUT2D eigenvalue weighted by atomic mass is 9.96. The van der Waals surface area contributed by atoms with Crippen molar-refractivity contribution in [1.29, 1.82) is 0 Å². The molecule has 9 heteroatoms. The molecular formula is C24H24N4O5. The Labute approximate surface area is 190 Å². The average molecular weight is 448 g/mol. The van der Waals surface area contributed by atoms with Gasteiger partial charge in [0, 0.05) is 42.7 Å². The summed E-state index contributed by atoms with van der Waals surface area (Å²) in [5, 5.41) is 8.97. The number of benzene rings is 2. The van der Waals surface area contributed by atoms with E-state index in [4.69, 9.17) is 14.7 Å². The molecule has 0 unspecified atom stereocenters. The molecule has 2 amide bonds. The van der Waals surface area contributed by atoms with Gasteiger partial charge >= 0.3 is 0 Å². The molecule has 0 spiro atoms. The van der Waals surface area contributed by atoms with Crippen molar-refractivity contribution in [2.24, 2.45) is 5.92 Å². The number of carbonyl (C=O) groups is 2. The zero-order chi connectivity index (χ0) is 22.8. The molecule has 33 heavy (non-hydrogen) atoms. The largest absolute Gasteiger partial charge is 0.491 e.